The quantitative estimate of drug-likeness (QED) is 0.943. The maximum atomic E-state index is 12.1. The molecule has 1 aromatic carbocycles. The molecule has 2 aromatic rings. The average Bonchev–Trinajstić information content (AvgIpc) is 2.86. The summed E-state index contributed by atoms with van der Waals surface area (Å²) in [6.45, 7) is 1.88. The second-order valence-corrected chi connectivity index (χ2v) is 5.26. The molecule has 1 N–H and O–H groups in total. The van der Waals surface area contributed by atoms with Crippen LogP contribution in [-0.2, 0) is 13.0 Å². The maximum Gasteiger partial charge on any atom is 0.273 e. The molecule has 2 heterocycles. The van der Waals surface area contributed by atoms with E-state index in [1.807, 2.05) is 30.3 Å². The van der Waals surface area contributed by atoms with Gasteiger partial charge in [0.25, 0.3) is 5.91 Å². The molecule has 0 saturated heterocycles. The molecule has 0 spiro atoms. The molecule has 0 atom stereocenters. The summed E-state index contributed by atoms with van der Waals surface area (Å²) in [5, 5.41) is 7.36. The molecule has 0 bridgehead atoms. The van der Waals surface area contributed by atoms with E-state index in [2.05, 4.69) is 10.4 Å². The van der Waals surface area contributed by atoms with Crippen molar-refractivity contribution in [1.29, 1.82) is 0 Å². The Hall–Kier alpha value is -2.01. The second-order valence-electron chi connectivity index (χ2n) is 4.88. The lowest BCUT2D eigenvalue weighted by Crippen LogP contribution is -2.26. The lowest BCUT2D eigenvalue weighted by atomic mass is 10.1. The normalized spacial score (nSPS) is 13.4. The van der Waals surface area contributed by atoms with Gasteiger partial charge in [-0.25, -0.2) is 4.68 Å². The SMILES string of the molecule is O=C(NCCc1ccccc1)c1nn2c(c1Cl)OCCC2. The van der Waals surface area contributed by atoms with Crippen molar-refractivity contribution in [3.05, 3.63) is 46.6 Å². The minimum atomic E-state index is -0.263. The van der Waals surface area contributed by atoms with Crippen molar-refractivity contribution in [2.24, 2.45) is 0 Å². The third-order valence-electron chi connectivity index (χ3n) is 3.36. The number of aryl methyl sites for hydroxylation is 1. The van der Waals surface area contributed by atoms with Gasteiger partial charge in [0, 0.05) is 19.5 Å². The Balaban J connectivity index is 1.62. The van der Waals surface area contributed by atoms with Gasteiger partial charge in [-0.05, 0) is 12.0 Å². The zero-order chi connectivity index (χ0) is 14.7. The molecule has 21 heavy (non-hydrogen) atoms. The van der Waals surface area contributed by atoms with E-state index in [1.54, 1.807) is 4.68 Å². The van der Waals surface area contributed by atoms with Gasteiger partial charge in [-0.15, -0.1) is 0 Å². The number of ether oxygens (including phenoxy) is 1. The topological polar surface area (TPSA) is 56.2 Å². The van der Waals surface area contributed by atoms with Crippen LogP contribution in [0.5, 0.6) is 5.88 Å². The minimum absolute atomic E-state index is 0.238. The molecule has 0 saturated carbocycles. The molecule has 0 fully saturated rings. The number of nitrogens with zero attached hydrogens (tertiary/aromatic N) is 2. The fourth-order valence-corrected chi connectivity index (χ4v) is 2.57. The molecule has 1 aromatic heterocycles. The number of hydrogen-bond donors (Lipinski definition) is 1. The Morgan fingerprint density at radius 2 is 2.19 bits per heavy atom. The van der Waals surface area contributed by atoms with Crippen LogP contribution in [0.3, 0.4) is 0 Å². The zero-order valence-electron chi connectivity index (χ0n) is 11.5. The van der Waals surface area contributed by atoms with Gasteiger partial charge < -0.3 is 10.1 Å². The second kappa shape index (κ2) is 6.18. The molecule has 0 radical (unpaired) electrons. The summed E-state index contributed by atoms with van der Waals surface area (Å²) in [6, 6.07) is 9.99. The average molecular weight is 306 g/mol. The van der Waals surface area contributed by atoms with E-state index < -0.39 is 0 Å². The number of nitrogens with one attached hydrogen (secondary N) is 1. The van der Waals surface area contributed by atoms with Crippen LogP contribution in [0, 0.1) is 0 Å². The molecule has 1 amide bonds. The van der Waals surface area contributed by atoms with E-state index in [0.717, 1.165) is 19.4 Å². The standard InChI is InChI=1S/C15H16ClN3O2/c16-12-13(18-19-9-4-10-21-15(12)19)14(20)17-8-7-11-5-2-1-3-6-11/h1-3,5-6H,4,7-10H2,(H,17,20). The molecule has 6 heteroatoms. The fourth-order valence-electron chi connectivity index (χ4n) is 2.29. The number of rotatable bonds is 4. The number of hydrogen-bond acceptors (Lipinski definition) is 3. The van der Waals surface area contributed by atoms with E-state index >= 15 is 0 Å². The molecular weight excluding hydrogens is 290 g/mol. The van der Waals surface area contributed by atoms with E-state index in [-0.39, 0.29) is 11.6 Å². The number of amides is 1. The Morgan fingerprint density at radius 3 is 2.95 bits per heavy atom. The highest BCUT2D eigenvalue weighted by atomic mass is 35.5. The van der Waals surface area contributed by atoms with Gasteiger partial charge in [0.2, 0.25) is 5.88 Å². The largest absolute Gasteiger partial charge is 0.477 e. The summed E-state index contributed by atoms with van der Waals surface area (Å²) in [6.07, 6.45) is 1.65. The van der Waals surface area contributed by atoms with Crippen molar-refractivity contribution in [1.82, 2.24) is 15.1 Å². The summed E-state index contributed by atoms with van der Waals surface area (Å²) in [5.74, 6) is 0.234. The van der Waals surface area contributed by atoms with Crippen molar-refractivity contribution in [3.8, 4) is 5.88 Å². The third-order valence-corrected chi connectivity index (χ3v) is 3.70. The predicted molar refractivity (Wildman–Crippen MR) is 79.8 cm³/mol. The van der Waals surface area contributed by atoms with Gasteiger partial charge in [-0.1, -0.05) is 41.9 Å². The zero-order valence-corrected chi connectivity index (χ0v) is 12.3. The smallest absolute Gasteiger partial charge is 0.273 e. The molecular formula is C15H16ClN3O2. The fraction of sp³-hybridized carbons (Fsp3) is 0.333. The van der Waals surface area contributed by atoms with Crippen LogP contribution >= 0.6 is 11.6 Å². The summed E-state index contributed by atoms with van der Waals surface area (Å²) in [7, 11) is 0. The number of benzene rings is 1. The number of fused-ring (bicyclic) bond motifs is 1. The first kappa shape index (κ1) is 13.9. The first-order valence-corrected chi connectivity index (χ1v) is 7.35. The first-order chi connectivity index (χ1) is 10.3. The monoisotopic (exact) mass is 305 g/mol. The molecule has 0 aliphatic carbocycles. The highest BCUT2D eigenvalue weighted by Gasteiger charge is 2.24. The van der Waals surface area contributed by atoms with Gasteiger partial charge in [0.15, 0.2) is 5.69 Å². The first-order valence-electron chi connectivity index (χ1n) is 6.97. The van der Waals surface area contributed by atoms with E-state index in [4.69, 9.17) is 16.3 Å². The number of carbonyl (C=O) groups is 1. The molecule has 5 nitrogen and oxygen atoms in total. The van der Waals surface area contributed by atoms with Crippen molar-refractivity contribution in [3.63, 3.8) is 0 Å². The molecule has 1 aliphatic rings. The Kier molecular flexibility index (Phi) is 4.10. The van der Waals surface area contributed by atoms with Crippen LogP contribution < -0.4 is 10.1 Å². The number of aromatic nitrogens is 2. The van der Waals surface area contributed by atoms with Gasteiger partial charge in [0.05, 0.1) is 6.61 Å². The lowest BCUT2D eigenvalue weighted by Gasteiger charge is -2.14. The molecule has 1 aliphatic heterocycles. The molecule has 110 valence electrons. The van der Waals surface area contributed by atoms with Crippen LogP contribution in [0.2, 0.25) is 5.02 Å². The maximum absolute atomic E-state index is 12.1. The van der Waals surface area contributed by atoms with Crippen molar-refractivity contribution < 1.29 is 9.53 Å². The van der Waals surface area contributed by atoms with Crippen LogP contribution in [0.4, 0.5) is 0 Å². The highest BCUT2D eigenvalue weighted by Crippen LogP contribution is 2.30. The summed E-state index contributed by atoms with van der Waals surface area (Å²) in [4.78, 5) is 12.1. The predicted octanol–water partition coefficient (Wildman–Crippen LogP) is 2.29. The molecule has 3 rings (SSSR count). The van der Waals surface area contributed by atoms with Gasteiger partial charge in [-0.3, -0.25) is 4.79 Å². The summed E-state index contributed by atoms with van der Waals surface area (Å²) >= 11 is 6.16. The van der Waals surface area contributed by atoms with Gasteiger partial charge >= 0.3 is 0 Å². The van der Waals surface area contributed by atoms with Gasteiger partial charge in [-0.2, -0.15) is 5.10 Å². The van der Waals surface area contributed by atoms with Crippen molar-refractivity contribution in [2.75, 3.05) is 13.2 Å². The van der Waals surface area contributed by atoms with Crippen molar-refractivity contribution >= 4 is 17.5 Å². The number of carbonyl (C=O) groups excluding carboxylic acids is 1. The Bertz CT molecular complexity index is 640. The van der Waals surface area contributed by atoms with Crippen LogP contribution in [-0.4, -0.2) is 28.8 Å². The highest BCUT2D eigenvalue weighted by molar-refractivity contribution is 6.34. The summed E-state index contributed by atoms with van der Waals surface area (Å²) < 4.78 is 7.10. The Morgan fingerprint density at radius 1 is 1.38 bits per heavy atom. The third kappa shape index (κ3) is 3.03. The minimum Gasteiger partial charge on any atom is -0.477 e. The van der Waals surface area contributed by atoms with Gasteiger partial charge in [0.1, 0.15) is 5.02 Å². The molecule has 0 unspecified atom stereocenters. The van der Waals surface area contributed by atoms with E-state index in [9.17, 15) is 4.79 Å². The Labute approximate surface area is 127 Å². The summed E-state index contributed by atoms with van der Waals surface area (Å²) in [5.41, 5.74) is 1.41. The lowest BCUT2D eigenvalue weighted by molar-refractivity contribution is 0.0948. The van der Waals surface area contributed by atoms with Crippen LogP contribution in [0.1, 0.15) is 22.5 Å². The van der Waals surface area contributed by atoms with E-state index in [0.29, 0.717) is 24.1 Å². The van der Waals surface area contributed by atoms with Crippen LogP contribution in [0.25, 0.3) is 0 Å². The van der Waals surface area contributed by atoms with Crippen LogP contribution in [0.15, 0.2) is 30.3 Å². The number of halogens is 1. The van der Waals surface area contributed by atoms with E-state index in [1.165, 1.54) is 5.56 Å². The van der Waals surface area contributed by atoms with Crippen molar-refractivity contribution in [2.45, 2.75) is 19.4 Å².